The average Bonchev–Trinajstić information content (AvgIpc) is 4.05. The third-order valence-electron chi connectivity index (χ3n) is 14.7. The highest BCUT2D eigenvalue weighted by atomic mass is 16.1. The van der Waals surface area contributed by atoms with Gasteiger partial charge < -0.3 is 4.57 Å². The van der Waals surface area contributed by atoms with Crippen LogP contribution >= 0.6 is 0 Å². The van der Waals surface area contributed by atoms with Gasteiger partial charge >= 0.3 is 6.85 Å². The molecule has 2 aliphatic heterocycles. The van der Waals surface area contributed by atoms with Crippen molar-refractivity contribution in [2.45, 2.75) is 108 Å². The van der Waals surface area contributed by atoms with Crippen molar-refractivity contribution < 1.29 is 0 Å². The van der Waals surface area contributed by atoms with Gasteiger partial charge in [0.05, 0.1) is 22.6 Å². The predicted octanol–water partition coefficient (Wildman–Crippen LogP) is 10.8. The molecule has 2 spiro atoms. The zero-order valence-electron chi connectivity index (χ0n) is 32.8. The van der Waals surface area contributed by atoms with E-state index in [1.807, 2.05) is 12.2 Å². The Morgan fingerprint density at radius 1 is 0.727 bits per heavy atom. The third kappa shape index (κ3) is 4.17. The highest BCUT2D eigenvalue weighted by Gasteiger charge is 2.60. The van der Waals surface area contributed by atoms with Crippen LogP contribution in [0.3, 0.4) is 0 Å². The molecular formula is C50H50BN3O. The fraction of sp³-hybridized carbons (Fsp3) is 0.340. The summed E-state index contributed by atoms with van der Waals surface area (Å²) >= 11 is 0. The van der Waals surface area contributed by atoms with Crippen LogP contribution in [-0.4, -0.2) is 20.7 Å². The number of nitrogens with zero attached hydrogens (tertiary/aromatic N) is 3. The Kier molecular flexibility index (Phi) is 6.97. The molecule has 0 radical (unpaired) electrons. The molecule has 2 fully saturated rings. The number of benzene rings is 4. The smallest absolute Gasteiger partial charge is 0.310 e. The second kappa shape index (κ2) is 11.5. The normalized spacial score (nSPS) is 18.0. The lowest BCUT2D eigenvalue weighted by Gasteiger charge is -2.30. The van der Waals surface area contributed by atoms with Crippen LogP contribution in [-0.2, 0) is 10.8 Å². The summed E-state index contributed by atoms with van der Waals surface area (Å²) in [5, 5.41) is 1.16. The number of hydrogen-bond donors (Lipinski definition) is 0. The molecule has 3 aliphatic carbocycles. The van der Waals surface area contributed by atoms with Gasteiger partial charge in [0.25, 0.3) is 5.56 Å². The van der Waals surface area contributed by atoms with Gasteiger partial charge in [0, 0.05) is 38.5 Å². The first-order valence-electron chi connectivity index (χ1n) is 20.9. The van der Waals surface area contributed by atoms with Crippen molar-refractivity contribution in [1.29, 1.82) is 0 Å². The monoisotopic (exact) mass is 719 g/mol. The first-order valence-corrected chi connectivity index (χ1v) is 20.9. The van der Waals surface area contributed by atoms with E-state index in [0.717, 1.165) is 47.2 Å². The van der Waals surface area contributed by atoms with Crippen LogP contribution in [0.1, 0.15) is 131 Å². The molecule has 4 aromatic carbocycles. The summed E-state index contributed by atoms with van der Waals surface area (Å²) in [4.78, 5) is 15.7. The Bertz CT molecular complexity index is 2680. The molecular weight excluding hydrogens is 669 g/mol. The molecule has 274 valence electrons. The van der Waals surface area contributed by atoms with Gasteiger partial charge in [-0.1, -0.05) is 127 Å². The molecule has 0 unspecified atom stereocenters. The Morgan fingerprint density at radius 2 is 1.38 bits per heavy atom. The Balaban J connectivity index is 1.33. The molecule has 4 nitrogen and oxygen atoms in total. The van der Waals surface area contributed by atoms with Crippen molar-refractivity contribution in [1.82, 2.24) is 13.8 Å². The van der Waals surface area contributed by atoms with Crippen LogP contribution < -0.4 is 16.5 Å². The maximum absolute atomic E-state index is 15.7. The van der Waals surface area contributed by atoms with Gasteiger partial charge in [0.2, 0.25) is 0 Å². The third-order valence-corrected chi connectivity index (χ3v) is 14.7. The minimum Gasteiger partial charge on any atom is -0.310 e. The van der Waals surface area contributed by atoms with Crippen LogP contribution in [0.25, 0.3) is 56.7 Å². The molecule has 11 rings (SSSR count). The van der Waals surface area contributed by atoms with E-state index in [4.69, 9.17) is 0 Å². The van der Waals surface area contributed by atoms with Gasteiger partial charge in [-0.25, -0.2) is 0 Å². The lowest BCUT2D eigenvalue weighted by Crippen LogP contribution is -2.54. The van der Waals surface area contributed by atoms with Gasteiger partial charge in [-0.05, 0) is 107 Å². The van der Waals surface area contributed by atoms with Gasteiger partial charge in [-0.3, -0.25) is 14.1 Å². The second-order valence-corrected chi connectivity index (χ2v) is 18.2. The molecule has 0 atom stereocenters. The fourth-order valence-electron chi connectivity index (χ4n) is 12.6. The van der Waals surface area contributed by atoms with Crippen molar-refractivity contribution in [3.63, 3.8) is 0 Å². The Hall–Kier alpha value is -5.03. The molecule has 5 aliphatic rings. The van der Waals surface area contributed by atoms with Crippen LogP contribution in [0, 0.1) is 0 Å². The standard InChI is InChI=1S/C50H50BN3O/c1-7-35-38-25-33(32-17-10-9-11-18-32)26-39-46(38)52(40(35)8-2)41-27-34(43-36(30(3)4)19-16-20-37(43)31(5)6)28-42-45(41)51(39)54-48(55)44-47(53(42)54)50(23-14-15-24-50)29-49(44)21-12-13-22-49/h7-11,16-20,25-28,30-31H,1-2,12-15,21-24,29H2,3-6H3. The quantitative estimate of drug-likeness (QED) is 0.158. The maximum atomic E-state index is 15.7. The van der Waals surface area contributed by atoms with Gasteiger partial charge in [-0.2, -0.15) is 0 Å². The summed E-state index contributed by atoms with van der Waals surface area (Å²) in [6, 6.07) is 27.3. The minimum atomic E-state index is -0.233. The number of aromatic nitrogens is 3. The number of hydrogen-bond acceptors (Lipinski definition) is 1. The first kappa shape index (κ1) is 33.3. The first-order chi connectivity index (χ1) is 26.7. The van der Waals surface area contributed by atoms with Crippen molar-refractivity contribution in [3.8, 4) is 33.6 Å². The summed E-state index contributed by atoms with van der Waals surface area (Å²) in [7, 11) is 0. The van der Waals surface area contributed by atoms with E-state index < -0.39 is 0 Å². The van der Waals surface area contributed by atoms with Crippen molar-refractivity contribution >= 4 is 40.8 Å². The summed E-state index contributed by atoms with van der Waals surface area (Å²) in [5.74, 6) is 0.714. The minimum absolute atomic E-state index is 0.00112. The topological polar surface area (TPSA) is 31.9 Å². The molecule has 6 aromatic rings. The van der Waals surface area contributed by atoms with Gasteiger partial charge in [-0.15, -0.1) is 0 Å². The SMILES string of the molecule is C=Cc1c(C=C)n2c3c(cc(-c4ccccc4)cc13)B1c3c-2cc(-c2c(C(C)C)cccc2C(C)C)cc3-n2c3c(c(=O)n21)C1(CCCC1)CC31CCCC1. The molecule has 55 heavy (non-hydrogen) atoms. The summed E-state index contributed by atoms with van der Waals surface area (Å²) < 4.78 is 7.24. The van der Waals surface area contributed by atoms with E-state index in [-0.39, 0.29) is 23.2 Å². The maximum Gasteiger partial charge on any atom is 0.357 e. The molecule has 2 saturated carbocycles. The lowest BCUT2D eigenvalue weighted by atomic mass is 9.49. The van der Waals surface area contributed by atoms with Gasteiger partial charge in [0.15, 0.2) is 0 Å². The molecule has 0 amide bonds. The highest BCUT2D eigenvalue weighted by molar-refractivity contribution is 6.88. The van der Waals surface area contributed by atoms with Crippen molar-refractivity contribution in [2.24, 2.45) is 0 Å². The molecule has 0 saturated heterocycles. The van der Waals surface area contributed by atoms with Crippen LogP contribution in [0.2, 0.25) is 0 Å². The van der Waals surface area contributed by atoms with Crippen LogP contribution in [0.4, 0.5) is 0 Å². The van der Waals surface area contributed by atoms with E-state index in [2.05, 4.69) is 127 Å². The van der Waals surface area contributed by atoms with E-state index in [1.165, 1.54) is 99.7 Å². The molecule has 5 heteroatoms. The average molecular weight is 720 g/mol. The fourth-order valence-corrected chi connectivity index (χ4v) is 12.6. The largest absolute Gasteiger partial charge is 0.357 e. The predicted molar refractivity (Wildman–Crippen MR) is 231 cm³/mol. The lowest BCUT2D eigenvalue weighted by molar-refractivity contribution is 0.311. The van der Waals surface area contributed by atoms with Crippen molar-refractivity contribution in [3.05, 3.63) is 130 Å². The van der Waals surface area contributed by atoms with Crippen LogP contribution in [0.5, 0.6) is 0 Å². The van der Waals surface area contributed by atoms with E-state index in [0.29, 0.717) is 11.8 Å². The molecule has 2 aromatic heterocycles. The second-order valence-electron chi connectivity index (χ2n) is 18.2. The zero-order valence-corrected chi connectivity index (χ0v) is 32.8. The summed E-state index contributed by atoms with van der Waals surface area (Å²) in [6.07, 6.45) is 14.8. The number of rotatable bonds is 6. The summed E-state index contributed by atoms with van der Waals surface area (Å²) in [6.45, 7) is 17.8. The van der Waals surface area contributed by atoms with Crippen LogP contribution in [0.15, 0.2) is 90.7 Å². The van der Waals surface area contributed by atoms with E-state index in [9.17, 15) is 0 Å². The Labute approximate surface area is 325 Å². The Morgan fingerprint density at radius 3 is 2.02 bits per heavy atom. The van der Waals surface area contributed by atoms with Gasteiger partial charge in [0.1, 0.15) is 0 Å². The van der Waals surface area contributed by atoms with E-state index >= 15 is 4.79 Å². The van der Waals surface area contributed by atoms with E-state index in [1.54, 1.807) is 0 Å². The number of fused-ring (bicyclic) bond motifs is 9. The molecule has 4 heterocycles. The molecule has 0 N–H and O–H groups in total. The van der Waals surface area contributed by atoms with Crippen molar-refractivity contribution in [2.75, 3.05) is 0 Å². The molecule has 0 bridgehead atoms. The highest BCUT2D eigenvalue weighted by Crippen LogP contribution is 2.62. The zero-order chi connectivity index (χ0) is 37.5. The summed E-state index contributed by atoms with van der Waals surface area (Å²) in [5.41, 5.74) is 18.6.